The monoisotopic (exact) mass is 248 g/mol. The summed E-state index contributed by atoms with van der Waals surface area (Å²) in [6.45, 7) is 2.23. The summed E-state index contributed by atoms with van der Waals surface area (Å²) in [5.41, 5.74) is 1.55. The standard InChI is InChI=1S/C13H16N2O3/c1-8-3-2-4-9(12(8)17)7-14-10-5-6-11(16)15-13(10)18/h2-4,10,14,17H,5-7H2,1H3,(H,15,16,18). The zero-order valence-electron chi connectivity index (χ0n) is 10.2. The summed E-state index contributed by atoms with van der Waals surface area (Å²) >= 11 is 0. The van der Waals surface area contributed by atoms with Crippen LogP contribution < -0.4 is 10.6 Å². The summed E-state index contributed by atoms with van der Waals surface area (Å²) in [5, 5.41) is 15.2. The number of phenols is 1. The summed E-state index contributed by atoms with van der Waals surface area (Å²) in [7, 11) is 0. The third kappa shape index (κ3) is 2.68. The number of benzene rings is 1. The fourth-order valence-corrected chi connectivity index (χ4v) is 1.98. The average molecular weight is 248 g/mol. The molecule has 1 aromatic carbocycles. The molecule has 0 aromatic heterocycles. The molecule has 1 fully saturated rings. The molecule has 1 aliphatic heterocycles. The Morgan fingerprint density at radius 3 is 2.94 bits per heavy atom. The number of imide groups is 1. The number of aryl methyl sites for hydroxylation is 1. The van der Waals surface area contributed by atoms with E-state index in [0.717, 1.165) is 11.1 Å². The Morgan fingerprint density at radius 2 is 2.22 bits per heavy atom. The lowest BCUT2D eigenvalue weighted by atomic mass is 10.0. The van der Waals surface area contributed by atoms with Gasteiger partial charge in [-0.05, 0) is 18.9 Å². The van der Waals surface area contributed by atoms with E-state index in [1.165, 1.54) is 0 Å². The molecular formula is C13H16N2O3. The van der Waals surface area contributed by atoms with Gasteiger partial charge in [-0.25, -0.2) is 0 Å². The van der Waals surface area contributed by atoms with E-state index in [4.69, 9.17) is 0 Å². The molecule has 96 valence electrons. The van der Waals surface area contributed by atoms with Crippen LogP contribution in [0.25, 0.3) is 0 Å². The van der Waals surface area contributed by atoms with Crippen LogP contribution >= 0.6 is 0 Å². The van der Waals surface area contributed by atoms with Gasteiger partial charge in [0.25, 0.3) is 0 Å². The van der Waals surface area contributed by atoms with Gasteiger partial charge in [-0.15, -0.1) is 0 Å². The number of carbonyl (C=O) groups is 2. The minimum Gasteiger partial charge on any atom is -0.507 e. The van der Waals surface area contributed by atoms with Gasteiger partial charge in [-0.2, -0.15) is 0 Å². The number of hydrogen-bond acceptors (Lipinski definition) is 4. The molecule has 1 aromatic rings. The Bertz CT molecular complexity index is 485. The van der Waals surface area contributed by atoms with Crippen LogP contribution in [0.4, 0.5) is 0 Å². The molecule has 1 unspecified atom stereocenters. The van der Waals surface area contributed by atoms with Crippen LogP contribution in [0.2, 0.25) is 0 Å². The molecule has 1 heterocycles. The smallest absolute Gasteiger partial charge is 0.243 e. The quantitative estimate of drug-likeness (QED) is 0.684. The van der Waals surface area contributed by atoms with Crippen molar-refractivity contribution in [2.45, 2.75) is 32.4 Å². The Labute approximate surface area is 105 Å². The summed E-state index contributed by atoms with van der Waals surface area (Å²) in [6, 6.07) is 5.12. The highest BCUT2D eigenvalue weighted by atomic mass is 16.3. The highest BCUT2D eigenvalue weighted by Crippen LogP contribution is 2.21. The molecule has 0 bridgehead atoms. The van der Waals surface area contributed by atoms with Crippen molar-refractivity contribution in [3.8, 4) is 5.75 Å². The lowest BCUT2D eigenvalue weighted by Gasteiger charge is -2.22. The van der Waals surface area contributed by atoms with Crippen LogP contribution in [0.15, 0.2) is 18.2 Å². The molecular weight excluding hydrogens is 232 g/mol. The molecule has 5 heteroatoms. The van der Waals surface area contributed by atoms with Gasteiger partial charge in [0, 0.05) is 18.5 Å². The first-order valence-electron chi connectivity index (χ1n) is 5.92. The van der Waals surface area contributed by atoms with E-state index in [1.807, 2.05) is 19.1 Å². The van der Waals surface area contributed by atoms with Crippen LogP contribution in [-0.2, 0) is 16.1 Å². The first kappa shape index (κ1) is 12.6. The van der Waals surface area contributed by atoms with Crippen molar-refractivity contribution >= 4 is 11.8 Å². The van der Waals surface area contributed by atoms with Gasteiger partial charge in [-0.3, -0.25) is 14.9 Å². The van der Waals surface area contributed by atoms with E-state index in [-0.39, 0.29) is 23.6 Å². The first-order chi connectivity index (χ1) is 8.58. The second-order valence-corrected chi connectivity index (χ2v) is 4.47. The van der Waals surface area contributed by atoms with E-state index in [2.05, 4.69) is 10.6 Å². The van der Waals surface area contributed by atoms with Crippen molar-refractivity contribution in [2.75, 3.05) is 0 Å². The molecule has 0 aliphatic carbocycles. The molecule has 0 spiro atoms. The van der Waals surface area contributed by atoms with Crippen molar-refractivity contribution in [3.05, 3.63) is 29.3 Å². The van der Waals surface area contributed by atoms with Crippen LogP contribution in [0.3, 0.4) is 0 Å². The number of aromatic hydroxyl groups is 1. The van der Waals surface area contributed by atoms with E-state index in [1.54, 1.807) is 6.07 Å². The Kier molecular flexibility index (Phi) is 3.62. The number of para-hydroxylation sites is 1. The second-order valence-electron chi connectivity index (χ2n) is 4.47. The van der Waals surface area contributed by atoms with Gasteiger partial charge >= 0.3 is 0 Å². The zero-order chi connectivity index (χ0) is 13.1. The molecule has 18 heavy (non-hydrogen) atoms. The van der Waals surface area contributed by atoms with E-state index < -0.39 is 0 Å². The predicted molar refractivity (Wildman–Crippen MR) is 65.9 cm³/mol. The number of amides is 2. The predicted octanol–water partition coefficient (Wildman–Crippen LogP) is 0.595. The highest BCUT2D eigenvalue weighted by Gasteiger charge is 2.25. The van der Waals surface area contributed by atoms with Crippen LogP contribution in [0.5, 0.6) is 5.75 Å². The van der Waals surface area contributed by atoms with Crippen molar-refractivity contribution < 1.29 is 14.7 Å². The summed E-state index contributed by atoms with van der Waals surface area (Å²) in [5.74, 6) is -0.271. The molecule has 1 aliphatic rings. The second kappa shape index (κ2) is 5.18. The molecule has 5 nitrogen and oxygen atoms in total. The van der Waals surface area contributed by atoms with E-state index in [0.29, 0.717) is 19.4 Å². The first-order valence-corrected chi connectivity index (χ1v) is 5.92. The minimum absolute atomic E-state index is 0.226. The lowest BCUT2D eigenvalue weighted by Crippen LogP contribution is -2.50. The van der Waals surface area contributed by atoms with Gasteiger partial charge in [-0.1, -0.05) is 18.2 Å². The average Bonchev–Trinajstić information content (AvgIpc) is 2.33. The molecule has 0 radical (unpaired) electrons. The molecule has 2 amide bonds. The maximum absolute atomic E-state index is 11.5. The zero-order valence-corrected chi connectivity index (χ0v) is 10.2. The number of phenolic OH excluding ortho intramolecular Hbond substituents is 1. The van der Waals surface area contributed by atoms with Crippen molar-refractivity contribution in [1.82, 2.24) is 10.6 Å². The fraction of sp³-hybridized carbons (Fsp3) is 0.385. The third-order valence-corrected chi connectivity index (χ3v) is 3.10. The number of nitrogens with one attached hydrogen (secondary N) is 2. The van der Waals surface area contributed by atoms with Crippen LogP contribution in [0.1, 0.15) is 24.0 Å². The maximum atomic E-state index is 11.5. The molecule has 3 N–H and O–H groups in total. The van der Waals surface area contributed by atoms with Gasteiger partial charge < -0.3 is 10.4 Å². The summed E-state index contributed by atoms with van der Waals surface area (Å²) < 4.78 is 0. The number of carbonyl (C=O) groups excluding carboxylic acids is 2. The van der Waals surface area contributed by atoms with Crippen molar-refractivity contribution in [1.29, 1.82) is 0 Å². The van der Waals surface area contributed by atoms with Crippen molar-refractivity contribution in [3.63, 3.8) is 0 Å². The SMILES string of the molecule is Cc1cccc(CNC2CCC(=O)NC2=O)c1O. The lowest BCUT2D eigenvalue weighted by molar-refractivity contribution is -0.134. The van der Waals surface area contributed by atoms with Crippen molar-refractivity contribution in [2.24, 2.45) is 0 Å². The fourth-order valence-electron chi connectivity index (χ4n) is 1.98. The van der Waals surface area contributed by atoms with Gasteiger partial charge in [0.1, 0.15) is 5.75 Å². The summed E-state index contributed by atoms with van der Waals surface area (Å²) in [6.07, 6.45) is 0.848. The minimum atomic E-state index is -0.373. The normalized spacial score (nSPS) is 19.7. The molecule has 1 saturated heterocycles. The molecule has 1 atom stereocenters. The number of hydrogen-bond donors (Lipinski definition) is 3. The highest BCUT2D eigenvalue weighted by molar-refractivity contribution is 6.00. The van der Waals surface area contributed by atoms with E-state index >= 15 is 0 Å². The Hall–Kier alpha value is -1.88. The molecule has 2 rings (SSSR count). The van der Waals surface area contributed by atoms with E-state index in [9.17, 15) is 14.7 Å². The summed E-state index contributed by atoms with van der Waals surface area (Å²) in [4.78, 5) is 22.5. The van der Waals surface area contributed by atoms with Gasteiger partial charge in [0.2, 0.25) is 11.8 Å². The molecule has 0 saturated carbocycles. The van der Waals surface area contributed by atoms with Crippen LogP contribution in [-0.4, -0.2) is 23.0 Å². The number of rotatable bonds is 3. The largest absolute Gasteiger partial charge is 0.507 e. The van der Waals surface area contributed by atoms with Crippen LogP contribution in [0, 0.1) is 6.92 Å². The van der Waals surface area contributed by atoms with Gasteiger partial charge in [0.15, 0.2) is 0 Å². The third-order valence-electron chi connectivity index (χ3n) is 3.10. The topological polar surface area (TPSA) is 78.4 Å². The Morgan fingerprint density at radius 1 is 1.44 bits per heavy atom. The number of piperidine rings is 1. The maximum Gasteiger partial charge on any atom is 0.243 e. The Balaban J connectivity index is 1.97. The van der Waals surface area contributed by atoms with Gasteiger partial charge in [0.05, 0.1) is 6.04 Å².